The van der Waals surface area contributed by atoms with Crippen molar-refractivity contribution in [2.75, 3.05) is 15.5 Å². The number of para-hydroxylation sites is 4. The molecule has 0 atom stereocenters. The summed E-state index contributed by atoms with van der Waals surface area (Å²) in [5.41, 5.74) is 2.13. The Hall–Kier alpha value is -5.37. The highest BCUT2D eigenvalue weighted by atomic mass is 19.4. The summed E-state index contributed by atoms with van der Waals surface area (Å²) in [6.07, 6.45) is -4.61. The van der Waals surface area contributed by atoms with Crippen molar-refractivity contribution in [2.24, 2.45) is 0 Å². The average molecular weight is 552 g/mol. The number of nitrogens with one attached hydrogen (secondary N) is 2. The van der Waals surface area contributed by atoms with Crippen molar-refractivity contribution in [2.45, 2.75) is 6.18 Å². The van der Waals surface area contributed by atoms with Gasteiger partial charge in [0.1, 0.15) is 0 Å². The third kappa shape index (κ3) is 6.28. The van der Waals surface area contributed by atoms with Gasteiger partial charge < -0.3 is 15.5 Å². The summed E-state index contributed by atoms with van der Waals surface area (Å²) >= 11 is 0. The van der Waals surface area contributed by atoms with E-state index in [1.54, 1.807) is 12.1 Å². The van der Waals surface area contributed by atoms with Gasteiger partial charge in [0.25, 0.3) is 11.8 Å². The molecule has 0 bridgehead atoms. The number of rotatable bonds is 7. The molecule has 0 unspecified atom stereocenters. The van der Waals surface area contributed by atoms with Crippen LogP contribution in [0, 0.1) is 0 Å². The minimum absolute atomic E-state index is 0.139. The first kappa shape index (κ1) is 27.2. The molecule has 2 N–H and O–H groups in total. The summed E-state index contributed by atoms with van der Waals surface area (Å²) in [4.78, 5) is 28.1. The van der Waals surface area contributed by atoms with Crippen LogP contribution >= 0.6 is 0 Å². The maximum Gasteiger partial charge on any atom is 0.418 e. The molecule has 0 spiro atoms. The van der Waals surface area contributed by atoms with Crippen LogP contribution in [-0.2, 0) is 6.18 Å². The van der Waals surface area contributed by atoms with E-state index in [2.05, 4.69) is 10.6 Å². The smallest absolute Gasteiger partial charge is 0.322 e. The van der Waals surface area contributed by atoms with Crippen LogP contribution < -0.4 is 15.5 Å². The first-order valence-electron chi connectivity index (χ1n) is 12.7. The summed E-state index contributed by atoms with van der Waals surface area (Å²) in [6, 6.07) is 37.3. The average Bonchev–Trinajstić information content (AvgIpc) is 2.99. The van der Waals surface area contributed by atoms with Gasteiger partial charge in [-0.2, -0.15) is 13.2 Å². The highest BCUT2D eigenvalue weighted by Gasteiger charge is 2.33. The van der Waals surface area contributed by atoms with Crippen LogP contribution in [0.3, 0.4) is 0 Å². The van der Waals surface area contributed by atoms with Crippen molar-refractivity contribution >= 4 is 40.3 Å². The number of anilines is 5. The van der Waals surface area contributed by atoms with E-state index in [0.717, 1.165) is 17.4 Å². The van der Waals surface area contributed by atoms with Gasteiger partial charge >= 0.3 is 6.18 Å². The Morgan fingerprint density at radius 2 is 1.10 bits per heavy atom. The fraction of sp³-hybridized carbons (Fsp3) is 0.0303. The van der Waals surface area contributed by atoms with Gasteiger partial charge in [-0.15, -0.1) is 0 Å². The van der Waals surface area contributed by atoms with Crippen LogP contribution in [0.25, 0.3) is 0 Å². The molecule has 5 nitrogen and oxygen atoms in total. The lowest BCUT2D eigenvalue weighted by Gasteiger charge is -2.27. The van der Waals surface area contributed by atoms with Crippen LogP contribution in [0.2, 0.25) is 0 Å². The zero-order chi connectivity index (χ0) is 28.8. The molecule has 0 aliphatic heterocycles. The Balaban J connectivity index is 1.37. The van der Waals surface area contributed by atoms with Gasteiger partial charge in [0.2, 0.25) is 0 Å². The maximum atomic E-state index is 13.5. The second-order valence-electron chi connectivity index (χ2n) is 9.05. The standard InChI is InChI=1S/C33H24F3N3O2/c34-33(35,36)28-16-8-9-17-29(28)38-31(40)23-19-21-24(22-20-23)37-32(41)27-15-7-10-18-30(27)39(25-11-3-1-4-12-25)26-13-5-2-6-14-26/h1-22H,(H,37,41)(H,38,40). The SMILES string of the molecule is O=C(Nc1ccccc1C(F)(F)F)c1ccc(NC(=O)c2ccccc2N(c2ccccc2)c2ccccc2)cc1. The van der Waals surface area contributed by atoms with E-state index in [1.807, 2.05) is 77.7 Å². The van der Waals surface area contributed by atoms with Crippen molar-refractivity contribution in [3.05, 3.63) is 150 Å². The van der Waals surface area contributed by atoms with Crippen molar-refractivity contribution in [1.29, 1.82) is 0 Å². The van der Waals surface area contributed by atoms with Crippen LogP contribution in [0.4, 0.5) is 41.6 Å². The third-order valence-electron chi connectivity index (χ3n) is 6.30. The number of hydrogen-bond acceptors (Lipinski definition) is 3. The summed E-state index contributed by atoms with van der Waals surface area (Å²) in [5.74, 6) is -1.07. The number of benzene rings is 5. The lowest BCUT2D eigenvalue weighted by Crippen LogP contribution is -2.19. The Labute approximate surface area is 234 Å². The molecule has 0 radical (unpaired) electrons. The van der Waals surface area contributed by atoms with E-state index >= 15 is 0 Å². The van der Waals surface area contributed by atoms with Gasteiger partial charge in [-0.05, 0) is 72.8 Å². The fourth-order valence-electron chi connectivity index (χ4n) is 4.38. The first-order chi connectivity index (χ1) is 19.8. The molecule has 0 aromatic heterocycles. The van der Waals surface area contributed by atoms with Gasteiger partial charge in [0.15, 0.2) is 0 Å². The van der Waals surface area contributed by atoms with Crippen LogP contribution in [0.5, 0.6) is 0 Å². The predicted molar refractivity (Wildman–Crippen MR) is 155 cm³/mol. The van der Waals surface area contributed by atoms with E-state index in [0.29, 0.717) is 16.9 Å². The van der Waals surface area contributed by atoms with Gasteiger partial charge in [-0.1, -0.05) is 60.7 Å². The minimum Gasteiger partial charge on any atom is -0.322 e. The molecule has 0 saturated carbocycles. The number of alkyl halides is 3. The third-order valence-corrected chi connectivity index (χ3v) is 6.30. The van der Waals surface area contributed by atoms with E-state index in [-0.39, 0.29) is 17.2 Å². The highest BCUT2D eigenvalue weighted by Crippen LogP contribution is 2.37. The topological polar surface area (TPSA) is 61.4 Å². The van der Waals surface area contributed by atoms with Crippen LogP contribution in [-0.4, -0.2) is 11.8 Å². The van der Waals surface area contributed by atoms with Gasteiger partial charge in [-0.25, -0.2) is 0 Å². The van der Waals surface area contributed by atoms with Gasteiger partial charge in [-0.3, -0.25) is 9.59 Å². The normalized spacial score (nSPS) is 11.0. The van der Waals surface area contributed by atoms with Crippen LogP contribution in [0.15, 0.2) is 133 Å². The predicted octanol–water partition coefficient (Wildman–Crippen LogP) is 8.68. The Morgan fingerprint density at radius 1 is 0.561 bits per heavy atom. The van der Waals surface area contributed by atoms with Gasteiger partial charge in [0, 0.05) is 22.6 Å². The molecule has 0 aliphatic rings. The first-order valence-corrected chi connectivity index (χ1v) is 12.7. The molecule has 0 heterocycles. The summed E-state index contributed by atoms with van der Waals surface area (Å²) in [7, 11) is 0. The summed E-state index contributed by atoms with van der Waals surface area (Å²) in [5, 5.41) is 5.17. The molecule has 2 amide bonds. The van der Waals surface area contributed by atoms with E-state index < -0.39 is 17.6 Å². The van der Waals surface area contributed by atoms with Crippen molar-refractivity contribution in [3.8, 4) is 0 Å². The zero-order valence-electron chi connectivity index (χ0n) is 21.6. The van der Waals surface area contributed by atoms with E-state index in [1.165, 1.54) is 42.5 Å². The summed E-state index contributed by atoms with van der Waals surface area (Å²) < 4.78 is 39.9. The number of hydrogen-bond donors (Lipinski definition) is 2. The molecule has 5 aromatic rings. The molecule has 5 aromatic carbocycles. The molecule has 0 fully saturated rings. The molecule has 5 rings (SSSR count). The van der Waals surface area contributed by atoms with Crippen molar-refractivity contribution in [1.82, 2.24) is 0 Å². The monoisotopic (exact) mass is 551 g/mol. The molecule has 8 heteroatoms. The minimum atomic E-state index is -4.61. The van der Waals surface area contributed by atoms with Gasteiger partial charge in [0.05, 0.1) is 22.5 Å². The number of carbonyl (C=O) groups excluding carboxylic acids is 2. The number of halogens is 3. The van der Waals surface area contributed by atoms with E-state index in [9.17, 15) is 22.8 Å². The molecular formula is C33H24F3N3O2. The number of amides is 2. The largest absolute Gasteiger partial charge is 0.418 e. The molecule has 0 saturated heterocycles. The highest BCUT2D eigenvalue weighted by molar-refractivity contribution is 6.10. The lowest BCUT2D eigenvalue weighted by molar-refractivity contribution is -0.136. The number of carbonyl (C=O) groups is 2. The maximum absolute atomic E-state index is 13.5. The number of nitrogens with zero attached hydrogens (tertiary/aromatic N) is 1. The van der Waals surface area contributed by atoms with Crippen molar-refractivity contribution in [3.63, 3.8) is 0 Å². The second kappa shape index (κ2) is 11.8. The molecule has 0 aliphatic carbocycles. The Morgan fingerprint density at radius 3 is 1.71 bits per heavy atom. The Bertz CT molecular complexity index is 1620. The quantitative estimate of drug-likeness (QED) is 0.213. The Kier molecular flexibility index (Phi) is 7.83. The zero-order valence-corrected chi connectivity index (χ0v) is 21.6. The summed E-state index contributed by atoms with van der Waals surface area (Å²) in [6.45, 7) is 0. The second-order valence-corrected chi connectivity index (χ2v) is 9.05. The lowest BCUT2D eigenvalue weighted by atomic mass is 10.1. The van der Waals surface area contributed by atoms with Crippen LogP contribution in [0.1, 0.15) is 26.3 Å². The van der Waals surface area contributed by atoms with Crippen molar-refractivity contribution < 1.29 is 22.8 Å². The molecule has 204 valence electrons. The molecular weight excluding hydrogens is 527 g/mol. The fourth-order valence-corrected chi connectivity index (χ4v) is 4.38. The van der Waals surface area contributed by atoms with E-state index in [4.69, 9.17) is 0 Å². The molecule has 41 heavy (non-hydrogen) atoms.